The van der Waals surface area contributed by atoms with Crippen molar-refractivity contribution in [1.29, 1.82) is 0 Å². The largest absolute Gasteiger partial charge is 0.416 e. The van der Waals surface area contributed by atoms with Crippen molar-refractivity contribution in [3.8, 4) is 0 Å². The first-order valence-corrected chi connectivity index (χ1v) is 9.41. The summed E-state index contributed by atoms with van der Waals surface area (Å²) >= 11 is 0. The number of hydrogen-bond acceptors (Lipinski definition) is 5. The number of benzene rings is 1. The van der Waals surface area contributed by atoms with Crippen molar-refractivity contribution < 1.29 is 18.0 Å². The number of anilines is 2. The average molecular weight is 407 g/mol. The van der Waals surface area contributed by atoms with Gasteiger partial charge in [0.25, 0.3) is 5.91 Å². The Hall–Kier alpha value is -2.65. The maximum Gasteiger partial charge on any atom is 0.416 e. The summed E-state index contributed by atoms with van der Waals surface area (Å²) in [4.78, 5) is 21.2. The number of alkyl halides is 3. The highest BCUT2D eigenvalue weighted by molar-refractivity contribution is 5.99. The van der Waals surface area contributed by atoms with Gasteiger partial charge in [-0.15, -0.1) is 0 Å². The minimum absolute atomic E-state index is 0.212. The highest BCUT2D eigenvalue weighted by Crippen LogP contribution is 2.31. The molecule has 3 rings (SSSR count). The Labute approximate surface area is 167 Å². The Morgan fingerprint density at radius 3 is 2.62 bits per heavy atom. The van der Waals surface area contributed by atoms with Crippen LogP contribution in [0, 0.1) is 0 Å². The van der Waals surface area contributed by atoms with E-state index in [-0.39, 0.29) is 23.0 Å². The Morgan fingerprint density at radius 2 is 1.90 bits per heavy atom. The minimum atomic E-state index is -4.44. The zero-order chi connectivity index (χ0) is 20.9. The highest BCUT2D eigenvalue weighted by Gasteiger charge is 2.30. The Balaban J connectivity index is 1.62. The molecule has 9 heteroatoms. The van der Waals surface area contributed by atoms with Gasteiger partial charge in [0.1, 0.15) is 5.82 Å². The van der Waals surface area contributed by atoms with Gasteiger partial charge in [-0.3, -0.25) is 9.69 Å². The normalized spacial score (nSPS) is 15.9. The fourth-order valence-electron chi connectivity index (χ4n) is 3.09. The molecule has 1 saturated heterocycles. The van der Waals surface area contributed by atoms with Crippen LogP contribution in [0.3, 0.4) is 0 Å². The quantitative estimate of drug-likeness (QED) is 0.771. The zero-order valence-electron chi connectivity index (χ0n) is 16.2. The average Bonchev–Trinajstić information content (AvgIpc) is 2.69. The molecule has 6 nitrogen and oxygen atoms in total. The molecule has 1 aromatic heterocycles. The number of amides is 1. The number of carbonyl (C=O) groups excluding carboxylic acids is 1. The summed E-state index contributed by atoms with van der Waals surface area (Å²) in [6.07, 6.45) is -2.96. The minimum Gasteiger partial charge on any atom is -0.351 e. The molecule has 29 heavy (non-hydrogen) atoms. The van der Waals surface area contributed by atoms with Crippen molar-refractivity contribution in [1.82, 2.24) is 20.1 Å². The summed E-state index contributed by atoms with van der Waals surface area (Å²) in [5, 5.41) is 5.69. The lowest BCUT2D eigenvalue weighted by molar-refractivity contribution is -0.137. The Bertz CT molecular complexity index is 835. The lowest BCUT2D eigenvalue weighted by Crippen LogP contribution is -2.46. The van der Waals surface area contributed by atoms with Crippen molar-refractivity contribution >= 4 is 17.4 Å². The van der Waals surface area contributed by atoms with Crippen LogP contribution in [0.15, 0.2) is 42.6 Å². The fraction of sp³-hybridized carbons (Fsp3) is 0.400. The molecule has 0 aliphatic carbocycles. The Kier molecular flexibility index (Phi) is 6.71. The van der Waals surface area contributed by atoms with Gasteiger partial charge in [-0.1, -0.05) is 6.07 Å². The molecule has 1 aliphatic rings. The molecule has 2 aromatic rings. The van der Waals surface area contributed by atoms with Gasteiger partial charge in [0.2, 0.25) is 0 Å². The van der Waals surface area contributed by atoms with E-state index >= 15 is 0 Å². The number of pyridine rings is 1. The molecule has 2 heterocycles. The summed E-state index contributed by atoms with van der Waals surface area (Å²) in [6, 6.07) is 8.00. The molecule has 0 atom stereocenters. The zero-order valence-corrected chi connectivity index (χ0v) is 16.2. The molecule has 0 radical (unpaired) electrons. The summed E-state index contributed by atoms with van der Waals surface area (Å²) in [5.74, 6) is -0.106. The van der Waals surface area contributed by atoms with Crippen LogP contribution in [0.2, 0.25) is 0 Å². The van der Waals surface area contributed by atoms with Crippen LogP contribution in [-0.2, 0) is 6.18 Å². The summed E-state index contributed by atoms with van der Waals surface area (Å²) in [5.41, 5.74) is -0.273. The fourth-order valence-corrected chi connectivity index (χ4v) is 3.09. The molecular formula is C20H24F3N5O. The number of nitrogens with one attached hydrogen (secondary N) is 2. The Morgan fingerprint density at radius 1 is 1.14 bits per heavy atom. The van der Waals surface area contributed by atoms with E-state index in [0.717, 1.165) is 44.9 Å². The molecule has 1 aliphatic heterocycles. The van der Waals surface area contributed by atoms with Gasteiger partial charge < -0.3 is 15.5 Å². The van der Waals surface area contributed by atoms with E-state index in [1.165, 1.54) is 18.3 Å². The van der Waals surface area contributed by atoms with E-state index in [4.69, 9.17) is 0 Å². The number of rotatable bonds is 6. The molecule has 0 spiro atoms. The van der Waals surface area contributed by atoms with Crippen molar-refractivity contribution in [3.63, 3.8) is 0 Å². The van der Waals surface area contributed by atoms with Crippen molar-refractivity contribution in [2.75, 3.05) is 51.6 Å². The molecule has 0 unspecified atom stereocenters. The molecular weight excluding hydrogens is 383 g/mol. The number of nitrogens with zero attached hydrogens (tertiary/aromatic N) is 3. The summed E-state index contributed by atoms with van der Waals surface area (Å²) < 4.78 is 38.7. The summed E-state index contributed by atoms with van der Waals surface area (Å²) in [7, 11) is 2.08. The van der Waals surface area contributed by atoms with Crippen molar-refractivity contribution in [2.24, 2.45) is 0 Å². The van der Waals surface area contributed by atoms with Gasteiger partial charge in [0, 0.05) is 51.2 Å². The predicted octanol–water partition coefficient (Wildman–Crippen LogP) is 2.82. The molecule has 0 saturated carbocycles. The van der Waals surface area contributed by atoms with Crippen LogP contribution in [0.1, 0.15) is 15.9 Å². The molecule has 0 bridgehead atoms. The number of aromatic nitrogens is 1. The monoisotopic (exact) mass is 407 g/mol. The predicted molar refractivity (Wildman–Crippen MR) is 105 cm³/mol. The van der Waals surface area contributed by atoms with E-state index in [9.17, 15) is 18.0 Å². The van der Waals surface area contributed by atoms with Gasteiger partial charge in [-0.25, -0.2) is 4.98 Å². The smallest absolute Gasteiger partial charge is 0.351 e. The van der Waals surface area contributed by atoms with Crippen LogP contribution in [0.5, 0.6) is 0 Å². The topological polar surface area (TPSA) is 60.5 Å². The van der Waals surface area contributed by atoms with Crippen LogP contribution in [0.25, 0.3) is 0 Å². The molecule has 2 N–H and O–H groups in total. The second kappa shape index (κ2) is 9.23. The second-order valence-electron chi connectivity index (χ2n) is 7.00. The second-order valence-corrected chi connectivity index (χ2v) is 7.00. The summed E-state index contributed by atoms with van der Waals surface area (Å²) in [6.45, 7) is 5.16. The SMILES string of the molecule is CN1CCN(CCNC(=O)c2cccnc2Nc2cccc(C(F)(F)F)c2)CC1. The maximum atomic E-state index is 12.9. The first-order valence-electron chi connectivity index (χ1n) is 9.41. The van der Waals surface area contributed by atoms with Crippen LogP contribution in [0.4, 0.5) is 24.7 Å². The maximum absolute atomic E-state index is 12.9. The third-order valence-corrected chi connectivity index (χ3v) is 4.81. The lowest BCUT2D eigenvalue weighted by Gasteiger charge is -2.32. The van der Waals surface area contributed by atoms with E-state index in [1.54, 1.807) is 12.1 Å². The van der Waals surface area contributed by atoms with Gasteiger partial charge in [-0.2, -0.15) is 13.2 Å². The van der Waals surface area contributed by atoms with Gasteiger partial charge in [-0.05, 0) is 37.4 Å². The number of likely N-dealkylation sites (N-methyl/N-ethyl adjacent to an activating group) is 1. The van der Waals surface area contributed by atoms with Crippen molar-refractivity contribution in [2.45, 2.75) is 6.18 Å². The van der Waals surface area contributed by atoms with E-state index < -0.39 is 11.7 Å². The standard InChI is InChI=1S/C20H24F3N5O/c1-27-10-12-28(13-11-27)9-8-25-19(29)17-6-3-7-24-18(17)26-16-5-2-4-15(14-16)20(21,22)23/h2-7,14H,8-13H2,1H3,(H,24,26)(H,25,29). The van der Waals surface area contributed by atoms with E-state index in [2.05, 4.69) is 32.5 Å². The number of halogens is 3. The highest BCUT2D eigenvalue weighted by atomic mass is 19.4. The van der Waals surface area contributed by atoms with Crippen LogP contribution < -0.4 is 10.6 Å². The number of carbonyl (C=O) groups is 1. The first kappa shape index (κ1) is 21.1. The van der Waals surface area contributed by atoms with E-state index in [0.29, 0.717) is 6.54 Å². The van der Waals surface area contributed by atoms with Gasteiger partial charge in [0.05, 0.1) is 11.1 Å². The first-order chi connectivity index (χ1) is 13.8. The van der Waals surface area contributed by atoms with Crippen molar-refractivity contribution in [3.05, 3.63) is 53.7 Å². The number of hydrogen-bond donors (Lipinski definition) is 2. The van der Waals surface area contributed by atoms with Crippen LogP contribution in [-0.4, -0.2) is 67.0 Å². The molecule has 1 amide bonds. The van der Waals surface area contributed by atoms with Gasteiger partial charge in [0.15, 0.2) is 0 Å². The third-order valence-electron chi connectivity index (χ3n) is 4.81. The molecule has 1 aromatic carbocycles. The van der Waals surface area contributed by atoms with E-state index in [1.807, 2.05) is 0 Å². The number of piperazine rings is 1. The molecule has 156 valence electrons. The third kappa shape index (κ3) is 5.91. The van der Waals surface area contributed by atoms with Crippen LogP contribution >= 0.6 is 0 Å². The van der Waals surface area contributed by atoms with Gasteiger partial charge >= 0.3 is 6.18 Å². The lowest BCUT2D eigenvalue weighted by atomic mass is 10.2. The molecule has 1 fully saturated rings.